The number of hydrogen-bond donors (Lipinski definition) is 1. The van der Waals surface area contributed by atoms with Gasteiger partial charge in [-0.1, -0.05) is 18.2 Å². The van der Waals surface area contributed by atoms with Gasteiger partial charge in [0.05, 0.1) is 0 Å². The Morgan fingerprint density at radius 2 is 1.92 bits per heavy atom. The quantitative estimate of drug-likeness (QED) is 0.895. The lowest BCUT2D eigenvalue weighted by Crippen LogP contribution is -2.44. The maximum Gasteiger partial charge on any atom is 0.227 e. The van der Waals surface area contributed by atoms with Crippen LogP contribution in [0, 0.1) is 0 Å². The smallest absolute Gasteiger partial charge is 0.227 e. The normalized spacial score (nSPS) is 25.2. The fourth-order valence-corrected chi connectivity index (χ4v) is 4.47. The Bertz CT molecular complexity index is 637. The van der Waals surface area contributed by atoms with Gasteiger partial charge in [0.2, 0.25) is 11.8 Å². The molecule has 25 heavy (non-hydrogen) atoms. The van der Waals surface area contributed by atoms with Gasteiger partial charge in [-0.25, -0.2) is 0 Å². The predicted octanol–water partition coefficient (Wildman–Crippen LogP) is 2.13. The highest BCUT2D eigenvalue weighted by molar-refractivity contribution is 5.97. The fraction of sp³-hybridized carbons (Fsp3) is 0.579. The van der Waals surface area contributed by atoms with Crippen molar-refractivity contribution >= 4 is 29.9 Å². The van der Waals surface area contributed by atoms with Crippen LogP contribution in [0.25, 0.3) is 0 Å². The molecule has 0 aliphatic carbocycles. The highest BCUT2D eigenvalue weighted by Gasteiger charge is 2.38. The van der Waals surface area contributed by atoms with Gasteiger partial charge in [0.15, 0.2) is 0 Å². The van der Waals surface area contributed by atoms with E-state index in [1.807, 2.05) is 23.1 Å². The third kappa shape index (κ3) is 3.53. The molecule has 2 atom stereocenters. The Balaban J connectivity index is 0.00000182. The number of nitrogens with zero attached hydrogens (tertiary/aromatic N) is 2. The zero-order chi connectivity index (χ0) is 16.5. The van der Waals surface area contributed by atoms with Crippen LogP contribution in [-0.2, 0) is 16.0 Å². The summed E-state index contributed by atoms with van der Waals surface area (Å²) in [5.74, 6) is 0.351. The number of para-hydroxylation sites is 1. The summed E-state index contributed by atoms with van der Waals surface area (Å²) in [6.45, 7) is 2.41. The first kappa shape index (κ1) is 18.2. The Kier molecular flexibility index (Phi) is 5.64. The minimum Gasteiger partial charge on any atom is -0.335 e. The van der Waals surface area contributed by atoms with Crippen LogP contribution in [0.3, 0.4) is 0 Å². The van der Waals surface area contributed by atoms with Gasteiger partial charge in [0, 0.05) is 43.7 Å². The first-order valence-electron chi connectivity index (χ1n) is 9.14. The second kappa shape index (κ2) is 7.75. The highest BCUT2D eigenvalue weighted by atomic mass is 35.5. The number of nitrogens with one attached hydrogen (secondary N) is 1. The van der Waals surface area contributed by atoms with E-state index in [-0.39, 0.29) is 24.2 Å². The van der Waals surface area contributed by atoms with Gasteiger partial charge in [-0.15, -0.1) is 12.4 Å². The van der Waals surface area contributed by atoms with Gasteiger partial charge in [0.25, 0.3) is 0 Å². The van der Waals surface area contributed by atoms with Crippen LogP contribution in [0.1, 0.15) is 37.7 Å². The molecule has 1 aromatic rings. The average molecular weight is 364 g/mol. The van der Waals surface area contributed by atoms with E-state index in [1.165, 1.54) is 5.56 Å². The van der Waals surface area contributed by atoms with Crippen molar-refractivity contribution in [2.24, 2.45) is 0 Å². The number of fused-ring (bicyclic) bond motifs is 3. The third-order valence-corrected chi connectivity index (χ3v) is 5.68. The van der Waals surface area contributed by atoms with Gasteiger partial charge in [-0.2, -0.15) is 0 Å². The summed E-state index contributed by atoms with van der Waals surface area (Å²) >= 11 is 0. The largest absolute Gasteiger partial charge is 0.335 e. The Morgan fingerprint density at radius 1 is 1.12 bits per heavy atom. The maximum atomic E-state index is 12.8. The molecule has 0 aromatic heterocycles. The van der Waals surface area contributed by atoms with Crippen molar-refractivity contribution in [2.75, 3.05) is 24.5 Å². The monoisotopic (exact) mass is 363 g/mol. The SMILES string of the molecule is Cl.O=C1CCc2ccccc2N1CCC(=O)N1C2CCNCC1CC2. The summed E-state index contributed by atoms with van der Waals surface area (Å²) in [6.07, 6.45) is 5.06. The zero-order valence-corrected chi connectivity index (χ0v) is 15.3. The molecule has 1 aromatic carbocycles. The molecule has 0 spiro atoms. The van der Waals surface area contributed by atoms with Gasteiger partial charge in [-0.3, -0.25) is 9.59 Å². The molecule has 3 aliphatic heterocycles. The van der Waals surface area contributed by atoms with Crippen molar-refractivity contribution in [3.05, 3.63) is 29.8 Å². The number of rotatable bonds is 3. The molecule has 1 N–H and O–H groups in total. The average Bonchev–Trinajstić information content (AvgIpc) is 2.86. The fourth-order valence-electron chi connectivity index (χ4n) is 4.47. The Morgan fingerprint density at radius 3 is 2.80 bits per heavy atom. The van der Waals surface area contributed by atoms with Gasteiger partial charge >= 0.3 is 0 Å². The van der Waals surface area contributed by atoms with Crippen LogP contribution in [0.2, 0.25) is 0 Å². The first-order chi connectivity index (χ1) is 11.7. The van der Waals surface area contributed by atoms with E-state index in [0.717, 1.165) is 44.5 Å². The molecule has 2 unspecified atom stereocenters. The molecular weight excluding hydrogens is 338 g/mol. The zero-order valence-electron chi connectivity index (χ0n) is 14.4. The van der Waals surface area contributed by atoms with E-state index in [1.54, 1.807) is 0 Å². The Labute approximate surface area is 155 Å². The maximum absolute atomic E-state index is 12.8. The summed E-state index contributed by atoms with van der Waals surface area (Å²) < 4.78 is 0. The van der Waals surface area contributed by atoms with E-state index in [4.69, 9.17) is 0 Å². The second-order valence-electron chi connectivity index (χ2n) is 7.10. The van der Waals surface area contributed by atoms with Crippen molar-refractivity contribution in [1.82, 2.24) is 10.2 Å². The molecule has 4 rings (SSSR count). The third-order valence-electron chi connectivity index (χ3n) is 5.68. The molecule has 0 radical (unpaired) electrons. The summed E-state index contributed by atoms with van der Waals surface area (Å²) in [7, 11) is 0. The Hall–Kier alpha value is -1.59. The lowest BCUT2D eigenvalue weighted by Gasteiger charge is -2.32. The van der Waals surface area contributed by atoms with Crippen LogP contribution in [0.4, 0.5) is 5.69 Å². The van der Waals surface area contributed by atoms with Crippen LogP contribution in [0.5, 0.6) is 0 Å². The second-order valence-corrected chi connectivity index (χ2v) is 7.10. The van der Waals surface area contributed by atoms with E-state index in [0.29, 0.717) is 31.5 Å². The number of hydrogen-bond acceptors (Lipinski definition) is 3. The van der Waals surface area contributed by atoms with Gasteiger partial charge < -0.3 is 15.1 Å². The molecule has 3 heterocycles. The number of amides is 2. The van der Waals surface area contributed by atoms with E-state index < -0.39 is 0 Å². The molecule has 2 saturated heterocycles. The van der Waals surface area contributed by atoms with Gasteiger partial charge in [-0.05, 0) is 43.9 Å². The molecular formula is C19H26ClN3O2. The topological polar surface area (TPSA) is 52.7 Å². The minimum absolute atomic E-state index is 0. The van der Waals surface area contributed by atoms with Crippen molar-refractivity contribution in [3.8, 4) is 0 Å². The molecule has 6 heteroatoms. The molecule has 3 aliphatic rings. The van der Waals surface area contributed by atoms with Crippen LogP contribution >= 0.6 is 12.4 Å². The number of anilines is 1. The van der Waals surface area contributed by atoms with Crippen LogP contribution < -0.4 is 10.2 Å². The summed E-state index contributed by atoms with van der Waals surface area (Å²) in [6, 6.07) is 8.79. The van der Waals surface area contributed by atoms with Crippen LogP contribution in [0.15, 0.2) is 24.3 Å². The molecule has 0 saturated carbocycles. The number of carbonyl (C=O) groups excluding carboxylic acids is 2. The lowest BCUT2D eigenvalue weighted by molar-refractivity contribution is -0.133. The van der Waals surface area contributed by atoms with Gasteiger partial charge in [0.1, 0.15) is 0 Å². The van der Waals surface area contributed by atoms with Crippen molar-refractivity contribution in [2.45, 2.75) is 50.6 Å². The summed E-state index contributed by atoms with van der Waals surface area (Å²) in [5, 5.41) is 3.43. The number of aryl methyl sites for hydroxylation is 1. The molecule has 5 nitrogen and oxygen atoms in total. The highest BCUT2D eigenvalue weighted by Crippen LogP contribution is 2.30. The predicted molar refractivity (Wildman–Crippen MR) is 100 cm³/mol. The van der Waals surface area contributed by atoms with E-state index in [9.17, 15) is 9.59 Å². The van der Waals surface area contributed by atoms with Crippen molar-refractivity contribution in [3.63, 3.8) is 0 Å². The summed E-state index contributed by atoms with van der Waals surface area (Å²) in [4.78, 5) is 29.1. The molecule has 2 fully saturated rings. The van der Waals surface area contributed by atoms with E-state index >= 15 is 0 Å². The summed E-state index contributed by atoms with van der Waals surface area (Å²) in [5.41, 5.74) is 2.20. The minimum atomic E-state index is 0. The number of carbonyl (C=O) groups is 2. The van der Waals surface area contributed by atoms with Crippen LogP contribution in [-0.4, -0.2) is 48.4 Å². The van der Waals surface area contributed by atoms with E-state index in [2.05, 4.69) is 16.3 Å². The van der Waals surface area contributed by atoms with Crippen molar-refractivity contribution < 1.29 is 9.59 Å². The number of halogens is 1. The number of benzene rings is 1. The van der Waals surface area contributed by atoms with Crippen molar-refractivity contribution in [1.29, 1.82) is 0 Å². The molecule has 2 bridgehead atoms. The molecule has 2 amide bonds. The molecule has 136 valence electrons. The standard InChI is InChI=1S/C19H25N3O2.ClH/c23-18-8-5-14-3-1-2-4-17(14)21(18)12-10-19(24)22-15-6-7-16(22)13-20-11-9-15;/h1-4,15-16,20H,5-13H2;1H. The first-order valence-corrected chi connectivity index (χ1v) is 9.14. The lowest BCUT2D eigenvalue weighted by atomic mass is 10.0.